The number of nitrogens with zero attached hydrogens (tertiary/aromatic N) is 1. The molecule has 0 aromatic heterocycles. The van der Waals surface area contributed by atoms with E-state index in [1.54, 1.807) is 11.9 Å². The van der Waals surface area contributed by atoms with Crippen LogP contribution in [0.15, 0.2) is 12.1 Å². The smallest absolute Gasteiger partial charge is 0.167 e. The maximum atomic E-state index is 13.2. The Labute approximate surface area is 88.1 Å². The van der Waals surface area contributed by atoms with Gasteiger partial charge in [-0.3, -0.25) is 0 Å². The molecule has 84 valence electrons. The Kier molecular flexibility index (Phi) is 3.74. The average molecular weight is 214 g/mol. The van der Waals surface area contributed by atoms with Crippen LogP contribution in [0.5, 0.6) is 5.75 Å². The molecule has 0 bridgehead atoms. The first-order valence-electron chi connectivity index (χ1n) is 4.55. The third kappa shape index (κ3) is 2.50. The number of likely N-dealkylation sites (N-methyl/N-ethyl adjacent to an activating group) is 1. The summed E-state index contributed by atoms with van der Waals surface area (Å²) >= 11 is 0. The first-order valence-corrected chi connectivity index (χ1v) is 4.55. The second-order valence-corrected chi connectivity index (χ2v) is 3.19. The summed E-state index contributed by atoms with van der Waals surface area (Å²) in [7, 11) is 3.16. The van der Waals surface area contributed by atoms with Gasteiger partial charge < -0.3 is 20.5 Å². The van der Waals surface area contributed by atoms with Gasteiger partial charge in [0.25, 0.3) is 0 Å². The molecule has 0 unspecified atom stereocenters. The highest BCUT2D eigenvalue weighted by Crippen LogP contribution is 2.29. The van der Waals surface area contributed by atoms with Crippen LogP contribution in [-0.4, -0.2) is 32.4 Å². The van der Waals surface area contributed by atoms with Gasteiger partial charge in [-0.1, -0.05) is 0 Å². The number of methoxy groups -OCH3 is 1. The Bertz CT molecular complexity index is 344. The number of nitrogen functional groups attached to an aromatic ring is 1. The third-order valence-electron chi connectivity index (χ3n) is 2.15. The number of halogens is 1. The molecule has 15 heavy (non-hydrogen) atoms. The van der Waals surface area contributed by atoms with Crippen molar-refractivity contribution < 1.29 is 14.2 Å². The SMILES string of the molecule is COc1cc(N(C)CCO)c(N)cc1F. The molecule has 0 heterocycles. The van der Waals surface area contributed by atoms with Crippen molar-refractivity contribution in [1.29, 1.82) is 0 Å². The van der Waals surface area contributed by atoms with Crippen LogP contribution in [0.2, 0.25) is 0 Å². The fourth-order valence-corrected chi connectivity index (χ4v) is 1.32. The van der Waals surface area contributed by atoms with Crippen LogP contribution in [0.1, 0.15) is 0 Å². The van der Waals surface area contributed by atoms with Crippen LogP contribution in [0, 0.1) is 5.82 Å². The molecule has 1 aromatic carbocycles. The second kappa shape index (κ2) is 4.84. The molecule has 0 aliphatic rings. The van der Waals surface area contributed by atoms with E-state index in [2.05, 4.69) is 0 Å². The van der Waals surface area contributed by atoms with Gasteiger partial charge in [0.05, 0.1) is 25.1 Å². The molecule has 1 aromatic rings. The number of rotatable bonds is 4. The zero-order valence-corrected chi connectivity index (χ0v) is 8.83. The van der Waals surface area contributed by atoms with E-state index in [0.717, 1.165) is 0 Å². The molecule has 0 spiro atoms. The van der Waals surface area contributed by atoms with E-state index in [9.17, 15) is 4.39 Å². The fraction of sp³-hybridized carbons (Fsp3) is 0.400. The van der Waals surface area contributed by atoms with Crippen LogP contribution in [-0.2, 0) is 0 Å². The first kappa shape index (κ1) is 11.6. The van der Waals surface area contributed by atoms with Crippen LogP contribution in [0.4, 0.5) is 15.8 Å². The van der Waals surface area contributed by atoms with Crippen molar-refractivity contribution in [2.75, 3.05) is 37.9 Å². The summed E-state index contributed by atoms with van der Waals surface area (Å²) in [5, 5.41) is 8.78. The van der Waals surface area contributed by atoms with E-state index >= 15 is 0 Å². The molecule has 5 heteroatoms. The van der Waals surface area contributed by atoms with E-state index in [-0.39, 0.29) is 12.4 Å². The Morgan fingerprint density at radius 1 is 1.53 bits per heavy atom. The summed E-state index contributed by atoms with van der Waals surface area (Å²) < 4.78 is 18.1. The highest BCUT2D eigenvalue weighted by molar-refractivity contribution is 5.69. The number of benzene rings is 1. The Morgan fingerprint density at radius 3 is 2.73 bits per heavy atom. The molecule has 3 N–H and O–H groups in total. The first-order chi connectivity index (χ1) is 7.10. The van der Waals surface area contributed by atoms with E-state index in [4.69, 9.17) is 15.6 Å². The highest BCUT2D eigenvalue weighted by Gasteiger charge is 2.11. The molecule has 0 saturated heterocycles. The van der Waals surface area contributed by atoms with Gasteiger partial charge in [0.2, 0.25) is 0 Å². The second-order valence-electron chi connectivity index (χ2n) is 3.19. The quantitative estimate of drug-likeness (QED) is 0.729. The predicted octanol–water partition coefficient (Wildman–Crippen LogP) is 0.845. The zero-order chi connectivity index (χ0) is 11.4. The minimum absolute atomic E-state index is 0.00956. The summed E-state index contributed by atoms with van der Waals surface area (Å²) in [6.07, 6.45) is 0. The monoisotopic (exact) mass is 214 g/mol. The Morgan fingerprint density at radius 2 is 2.20 bits per heavy atom. The maximum Gasteiger partial charge on any atom is 0.167 e. The number of anilines is 2. The minimum atomic E-state index is -0.490. The molecule has 0 amide bonds. The molecule has 0 saturated carbocycles. The largest absolute Gasteiger partial charge is 0.494 e. The number of aliphatic hydroxyl groups is 1. The standard InChI is InChI=1S/C10H15FN2O2/c1-13(3-4-14)9-6-10(15-2)7(11)5-8(9)12/h5-6,14H,3-4,12H2,1-2H3. The Hall–Kier alpha value is -1.49. The molecular formula is C10H15FN2O2. The Balaban J connectivity index is 3.06. The molecule has 0 atom stereocenters. The van der Waals surface area contributed by atoms with Crippen molar-refractivity contribution >= 4 is 11.4 Å². The third-order valence-corrected chi connectivity index (χ3v) is 2.15. The van der Waals surface area contributed by atoms with Gasteiger partial charge in [-0.25, -0.2) is 4.39 Å². The number of hydrogen-bond acceptors (Lipinski definition) is 4. The summed E-state index contributed by atoms with van der Waals surface area (Å²) in [5.41, 5.74) is 6.62. The average Bonchev–Trinajstić information content (AvgIpc) is 2.18. The lowest BCUT2D eigenvalue weighted by Crippen LogP contribution is -2.22. The zero-order valence-electron chi connectivity index (χ0n) is 8.83. The van der Waals surface area contributed by atoms with Crippen LogP contribution in [0.25, 0.3) is 0 Å². The lowest BCUT2D eigenvalue weighted by molar-refractivity contribution is 0.304. The van der Waals surface area contributed by atoms with Gasteiger partial charge in [0, 0.05) is 25.7 Å². The lowest BCUT2D eigenvalue weighted by Gasteiger charge is -2.20. The van der Waals surface area contributed by atoms with Crippen molar-refractivity contribution in [3.8, 4) is 5.75 Å². The number of nitrogens with two attached hydrogens (primary N) is 1. The molecule has 0 radical (unpaired) electrons. The summed E-state index contributed by atoms with van der Waals surface area (Å²) in [6, 6.07) is 2.72. The number of hydrogen-bond donors (Lipinski definition) is 2. The molecular weight excluding hydrogens is 199 g/mol. The van der Waals surface area contributed by atoms with Gasteiger partial charge in [-0.05, 0) is 0 Å². The van der Waals surface area contributed by atoms with Gasteiger partial charge >= 0.3 is 0 Å². The van der Waals surface area contributed by atoms with Gasteiger partial charge in [0.1, 0.15) is 0 Å². The summed E-state index contributed by atoms with van der Waals surface area (Å²) in [4.78, 5) is 1.73. The van der Waals surface area contributed by atoms with Gasteiger partial charge in [-0.2, -0.15) is 0 Å². The van der Waals surface area contributed by atoms with Crippen molar-refractivity contribution in [2.45, 2.75) is 0 Å². The van der Waals surface area contributed by atoms with Gasteiger partial charge in [-0.15, -0.1) is 0 Å². The maximum absolute atomic E-state index is 13.2. The molecule has 0 aliphatic carbocycles. The molecule has 4 nitrogen and oxygen atoms in total. The highest BCUT2D eigenvalue weighted by atomic mass is 19.1. The molecule has 0 fully saturated rings. The topological polar surface area (TPSA) is 58.7 Å². The van der Waals surface area contributed by atoms with Crippen LogP contribution in [0.3, 0.4) is 0 Å². The lowest BCUT2D eigenvalue weighted by atomic mass is 10.2. The van der Waals surface area contributed by atoms with Crippen LogP contribution >= 0.6 is 0 Å². The minimum Gasteiger partial charge on any atom is -0.494 e. The number of ether oxygens (including phenoxy) is 1. The molecule has 0 aliphatic heterocycles. The van der Waals surface area contributed by atoms with Crippen molar-refractivity contribution in [3.63, 3.8) is 0 Å². The van der Waals surface area contributed by atoms with Crippen LogP contribution < -0.4 is 15.4 Å². The normalized spacial score (nSPS) is 10.1. The predicted molar refractivity (Wildman–Crippen MR) is 57.7 cm³/mol. The fourth-order valence-electron chi connectivity index (χ4n) is 1.32. The van der Waals surface area contributed by atoms with E-state index in [1.807, 2.05) is 0 Å². The van der Waals surface area contributed by atoms with Crippen molar-refractivity contribution in [3.05, 3.63) is 17.9 Å². The van der Waals surface area contributed by atoms with Crippen molar-refractivity contribution in [1.82, 2.24) is 0 Å². The van der Waals surface area contributed by atoms with Gasteiger partial charge in [0.15, 0.2) is 11.6 Å². The number of aliphatic hydroxyl groups excluding tert-OH is 1. The van der Waals surface area contributed by atoms with E-state index in [1.165, 1.54) is 19.2 Å². The van der Waals surface area contributed by atoms with E-state index in [0.29, 0.717) is 17.9 Å². The summed E-state index contributed by atoms with van der Waals surface area (Å²) in [5.74, 6) is -0.347. The van der Waals surface area contributed by atoms with Crippen molar-refractivity contribution in [2.24, 2.45) is 0 Å². The molecule has 1 rings (SSSR count). The van der Waals surface area contributed by atoms with E-state index < -0.39 is 5.82 Å². The summed E-state index contributed by atoms with van der Waals surface area (Å²) in [6.45, 7) is 0.439.